The number of hydrogen-bond donors (Lipinski definition) is 1. The maximum atomic E-state index is 13.9. The van der Waals surface area contributed by atoms with Gasteiger partial charge in [0.2, 0.25) is 5.43 Å². The molecule has 0 radical (unpaired) electrons. The molecule has 1 fully saturated rings. The molecule has 1 N–H and O–H groups in total. The van der Waals surface area contributed by atoms with E-state index in [1.807, 2.05) is 0 Å². The Labute approximate surface area is 118 Å². The van der Waals surface area contributed by atoms with Crippen LogP contribution < -0.4 is 5.43 Å². The lowest BCUT2D eigenvalue weighted by Gasteiger charge is -2.14. The van der Waals surface area contributed by atoms with E-state index in [1.165, 1.54) is 6.20 Å². The molecule has 0 spiro atoms. The van der Waals surface area contributed by atoms with Crippen LogP contribution in [-0.4, -0.2) is 15.6 Å². The summed E-state index contributed by atoms with van der Waals surface area (Å²) in [6.07, 6.45) is 3.01. The summed E-state index contributed by atoms with van der Waals surface area (Å²) in [5.74, 6) is -3.45. The quantitative estimate of drug-likeness (QED) is 0.946. The molecule has 1 aliphatic carbocycles. The van der Waals surface area contributed by atoms with E-state index in [-0.39, 0.29) is 28.9 Å². The van der Waals surface area contributed by atoms with Gasteiger partial charge >= 0.3 is 5.97 Å². The SMILES string of the molecule is CCc1c(F)c(F)cc2c1c(=O)c(C(=O)O)cn2C1CC1. The Morgan fingerprint density at radius 2 is 2.10 bits per heavy atom. The fourth-order valence-electron chi connectivity index (χ4n) is 2.66. The summed E-state index contributed by atoms with van der Waals surface area (Å²) in [4.78, 5) is 23.6. The van der Waals surface area contributed by atoms with Gasteiger partial charge in [0.15, 0.2) is 11.6 Å². The van der Waals surface area contributed by atoms with Crippen molar-refractivity contribution in [3.8, 4) is 0 Å². The molecule has 6 heteroatoms. The van der Waals surface area contributed by atoms with Crippen LogP contribution in [0.5, 0.6) is 0 Å². The second-order valence-electron chi connectivity index (χ2n) is 5.21. The summed E-state index contributed by atoms with van der Waals surface area (Å²) in [5, 5.41) is 9.13. The third-order valence-corrected chi connectivity index (χ3v) is 3.84. The predicted molar refractivity (Wildman–Crippen MR) is 72.7 cm³/mol. The van der Waals surface area contributed by atoms with Gasteiger partial charge in [-0.1, -0.05) is 6.92 Å². The van der Waals surface area contributed by atoms with Gasteiger partial charge in [-0.3, -0.25) is 4.79 Å². The van der Waals surface area contributed by atoms with Crippen molar-refractivity contribution in [3.05, 3.63) is 45.2 Å². The normalized spacial score (nSPS) is 14.6. The summed E-state index contributed by atoms with van der Waals surface area (Å²) in [6.45, 7) is 1.60. The Morgan fingerprint density at radius 3 is 2.62 bits per heavy atom. The van der Waals surface area contributed by atoms with Crippen molar-refractivity contribution < 1.29 is 18.7 Å². The largest absolute Gasteiger partial charge is 0.477 e. The molecule has 0 unspecified atom stereocenters. The Kier molecular flexibility index (Phi) is 3.04. The molecule has 0 amide bonds. The summed E-state index contributed by atoms with van der Waals surface area (Å²) in [6, 6.07) is 1.02. The van der Waals surface area contributed by atoms with E-state index < -0.39 is 28.6 Å². The first kappa shape index (κ1) is 13.7. The number of aryl methyl sites for hydroxylation is 1. The van der Waals surface area contributed by atoms with Crippen molar-refractivity contribution in [3.63, 3.8) is 0 Å². The van der Waals surface area contributed by atoms with Gasteiger partial charge in [-0.2, -0.15) is 0 Å². The topological polar surface area (TPSA) is 59.3 Å². The van der Waals surface area contributed by atoms with Crippen LogP contribution in [0.2, 0.25) is 0 Å². The lowest BCUT2D eigenvalue weighted by Crippen LogP contribution is -2.20. The lowest BCUT2D eigenvalue weighted by molar-refractivity contribution is 0.0695. The number of carbonyl (C=O) groups is 1. The highest BCUT2D eigenvalue weighted by molar-refractivity contribution is 5.94. The minimum absolute atomic E-state index is 0.0248. The fourth-order valence-corrected chi connectivity index (χ4v) is 2.66. The molecule has 3 rings (SSSR count). The van der Waals surface area contributed by atoms with Crippen LogP contribution in [-0.2, 0) is 6.42 Å². The predicted octanol–water partition coefficient (Wildman–Crippen LogP) is 2.88. The first-order chi connectivity index (χ1) is 9.95. The number of aromatic nitrogens is 1. The van der Waals surface area contributed by atoms with Crippen molar-refractivity contribution in [1.29, 1.82) is 0 Å². The molecule has 0 aliphatic heterocycles. The first-order valence-electron chi connectivity index (χ1n) is 6.74. The number of hydrogen-bond acceptors (Lipinski definition) is 2. The average Bonchev–Trinajstić information content (AvgIpc) is 3.25. The van der Waals surface area contributed by atoms with Crippen LogP contribution in [0, 0.1) is 11.6 Å². The number of fused-ring (bicyclic) bond motifs is 1. The van der Waals surface area contributed by atoms with Crippen molar-refractivity contribution >= 4 is 16.9 Å². The molecule has 0 bridgehead atoms. The van der Waals surface area contributed by atoms with E-state index in [2.05, 4.69) is 0 Å². The zero-order chi connectivity index (χ0) is 15.3. The molecule has 1 heterocycles. The molecule has 21 heavy (non-hydrogen) atoms. The van der Waals surface area contributed by atoms with Crippen LogP contribution >= 0.6 is 0 Å². The number of aromatic carboxylic acids is 1. The van der Waals surface area contributed by atoms with Gasteiger partial charge in [0.25, 0.3) is 0 Å². The zero-order valence-electron chi connectivity index (χ0n) is 11.3. The molecule has 1 aromatic heterocycles. The molecule has 1 aliphatic rings. The molecule has 110 valence electrons. The maximum Gasteiger partial charge on any atom is 0.341 e. The number of rotatable bonds is 3. The molecule has 2 aromatic rings. The number of halogens is 2. The van der Waals surface area contributed by atoms with Crippen molar-refractivity contribution in [1.82, 2.24) is 4.57 Å². The summed E-state index contributed by atoms with van der Waals surface area (Å²) in [7, 11) is 0. The number of benzene rings is 1. The Morgan fingerprint density at radius 1 is 1.43 bits per heavy atom. The van der Waals surface area contributed by atoms with E-state index in [0.717, 1.165) is 18.9 Å². The third-order valence-electron chi connectivity index (χ3n) is 3.84. The van der Waals surface area contributed by atoms with Gasteiger partial charge in [0, 0.05) is 23.9 Å². The monoisotopic (exact) mass is 293 g/mol. The second kappa shape index (κ2) is 4.65. The number of nitrogens with zero attached hydrogens (tertiary/aromatic N) is 1. The highest BCUT2D eigenvalue weighted by Gasteiger charge is 2.28. The van der Waals surface area contributed by atoms with Gasteiger partial charge in [0.1, 0.15) is 5.56 Å². The first-order valence-corrected chi connectivity index (χ1v) is 6.74. The molecular weight excluding hydrogens is 280 g/mol. The van der Waals surface area contributed by atoms with Gasteiger partial charge in [-0.25, -0.2) is 13.6 Å². The maximum absolute atomic E-state index is 13.9. The average molecular weight is 293 g/mol. The number of carboxylic acids is 1. The Bertz CT molecular complexity index is 822. The van der Waals surface area contributed by atoms with E-state index in [1.54, 1.807) is 11.5 Å². The van der Waals surface area contributed by atoms with Crippen LogP contribution in [0.1, 0.15) is 41.7 Å². The van der Waals surface area contributed by atoms with E-state index in [0.29, 0.717) is 0 Å². The van der Waals surface area contributed by atoms with Crippen molar-refractivity contribution in [2.45, 2.75) is 32.2 Å². The molecular formula is C15H13F2NO3. The summed E-state index contributed by atoms with van der Waals surface area (Å²) < 4.78 is 29.3. The van der Waals surface area contributed by atoms with E-state index >= 15 is 0 Å². The zero-order valence-corrected chi connectivity index (χ0v) is 11.3. The second-order valence-corrected chi connectivity index (χ2v) is 5.21. The van der Waals surface area contributed by atoms with Crippen LogP contribution in [0.3, 0.4) is 0 Å². The van der Waals surface area contributed by atoms with Gasteiger partial charge in [0.05, 0.1) is 10.9 Å². The molecule has 1 saturated carbocycles. The van der Waals surface area contributed by atoms with Crippen LogP contribution in [0.25, 0.3) is 10.9 Å². The van der Waals surface area contributed by atoms with Crippen molar-refractivity contribution in [2.24, 2.45) is 0 Å². The van der Waals surface area contributed by atoms with Gasteiger partial charge in [-0.05, 0) is 19.3 Å². The molecule has 0 atom stereocenters. The molecule has 0 saturated heterocycles. The highest BCUT2D eigenvalue weighted by atomic mass is 19.2. The van der Waals surface area contributed by atoms with Gasteiger partial charge < -0.3 is 9.67 Å². The number of pyridine rings is 1. The van der Waals surface area contributed by atoms with E-state index in [4.69, 9.17) is 5.11 Å². The molecule has 1 aromatic carbocycles. The Hall–Kier alpha value is -2.24. The molecule has 4 nitrogen and oxygen atoms in total. The van der Waals surface area contributed by atoms with Crippen LogP contribution in [0.15, 0.2) is 17.1 Å². The minimum Gasteiger partial charge on any atom is -0.477 e. The van der Waals surface area contributed by atoms with E-state index in [9.17, 15) is 18.4 Å². The summed E-state index contributed by atoms with van der Waals surface area (Å²) in [5.41, 5.74) is -0.962. The number of carboxylic acid groups (broad SMARTS) is 1. The summed E-state index contributed by atoms with van der Waals surface area (Å²) >= 11 is 0. The third kappa shape index (κ3) is 2.02. The highest BCUT2D eigenvalue weighted by Crippen LogP contribution is 2.37. The van der Waals surface area contributed by atoms with Crippen LogP contribution in [0.4, 0.5) is 8.78 Å². The van der Waals surface area contributed by atoms with Gasteiger partial charge in [-0.15, -0.1) is 0 Å². The Balaban J connectivity index is 2.53. The smallest absolute Gasteiger partial charge is 0.341 e. The standard InChI is InChI=1S/C15H13F2NO3/c1-2-8-12-11(5-10(16)13(8)17)18(7-3-4-7)6-9(14(12)19)15(20)21/h5-7H,2-4H2,1H3,(H,20,21). The minimum atomic E-state index is -1.36. The fraction of sp³-hybridized carbons (Fsp3) is 0.333. The lowest BCUT2D eigenvalue weighted by atomic mass is 10.0. The van der Waals surface area contributed by atoms with Crippen molar-refractivity contribution in [2.75, 3.05) is 0 Å².